The molecule has 1 aromatic carbocycles. The second kappa shape index (κ2) is 7.84. The molecule has 3 aromatic rings. The van der Waals surface area contributed by atoms with Crippen molar-refractivity contribution >= 4 is 22.8 Å². The third-order valence-electron chi connectivity index (χ3n) is 5.13. The molecule has 28 heavy (non-hydrogen) atoms. The van der Waals surface area contributed by atoms with Crippen LogP contribution in [0.2, 0.25) is 0 Å². The van der Waals surface area contributed by atoms with Gasteiger partial charge in [-0.2, -0.15) is 0 Å². The lowest BCUT2D eigenvalue weighted by Gasteiger charge is -2.23. The van der Waals surface area contributed by atoms with E-state index in [1.54, 1.807) is 19.5 Å². The number of para-hydroxylation sites is 2. The highest BCUT2D eigenvalue weighted by Gasteiger charge is 2.23. The molecular formula is C20H24N6O2. The number of anilines is 1. The first kappa shape index (κ1) is 18.2. The van der Waals surface area contributed by atoms with Gasteiger partial charge in [-0.25, -0.2) is 15.0 Å². The molecule has 1 aliphatic heterocycles. The second-order valence-electron chi connectivity index (χ2n) is 6.84. The summed E-state index contributed by atoms with van der Waals surface area (Å²) in [6, 6.07) is 7.92. The molecular weight excluding hydrogens is 356 g/mol. The van der Waals surface area contributed by atoms with Crippen LogP contribution in [0.15, 0.2) is 36.7 Å². The van der Waals surface area contributed by atoms with Gasteiger partial charge in [0.25, 0.3) is 5.88 Å². The Morgan fingerprint density at radius 2 is 1.93 bits per heavy atom. The Morgan fingerprint density at radius 3 is 2.79 bits per heavy atom. The zero-order valence-corrected chi connectivity index (χ0v) is 16.2. The van der Waals surface area contributed by atoms with Crippen molar-refractivity contribution in [1.82, 2.24) is 24.4 Å². The van der Waals surface area contributed by atoms with E-state index in [0.29, 0.717) is 25.5 Å². The molecule has 1 saturated heterocycles. The summed E-state index contributed by atoms with van der Waals surface area (Å²) < 4.78 is 7.32. The van der Waals surface area contributed by atoms with Crippen molar-refractivity contribution in [2.45, 2.75) is 19.9 Å². The maximum atomic E-state index is 13.0. The Hall–Kier alpha value is -3.16. The van der Waals surface area contributed by atoms with E-state index in [2.05, 4.69) is 19.9 Å². The molecule has 1 fully saturated rings. The number of carbonyl (C=O) groups is 1. The summed E-state index contributed by atoms with van der Waals surface area (Å²) in [5, 5.41) is 0. The zero-order valence-electron chi connectivity index (χ0n) is 16.2. The third-order valence-corrected chi connectivity index (χ3v) is 5.13. The number of hydrogen-bond donors (Lipinski definition) is 0. The van der Waals surface area contributed by atoms with Gasteiger partial charge in [0.15, 0.2) is 5.82 Å². The van der Waals surface area contributed by atoms with Crippen LogP contribution in [0.5, 0.6) is 5.88 Å². The van der Waals surface area contributed by atoms with Gasteiger partial charge in [-0.15, -0.1) is 0 Å². The number of hydrogen-bond acceptors (Lipinski definition) is 6. The number of nitrogens with zero attached hydrogens (tertiary/aromatic N) is 6. The van der Waals surface area contributed by atoms with Crippen LogP contribution in [0, 0.1) is 6.92 Å². The average molecular weight is 380 g/mol. The molecule has 0 atom stereocenters. The van der Waals surface area contributed by atoms with Gasteiger partial charge in [-0.1, -0.05) is 12.1 Å². The first-order valence-corrected chi connectivity index (χ1v) is 9.47. The Balaban J connectivity index is 1.47. The molecule has 1 aliphatic rings. The molecule has 3 heterocycles. The number of carbonyl (C=O) groups excluding carboxylic acids is 1. The molecule has 146 valence electrons. The molecule has 0 N–H and O–H groups in total. The summed E-state index contributed by atoms with van der Waals surface area (Å²) in [6.45, 7) is 5.13. The first-order chi connectivity index (χ1) is 13.7. The summed E-state index contributed by atoms with van der Waals surface area (Å²) >= 11 is 0. The summed E-state index contributed by atoms with van der Waals surface area (Å²) in [5.74, 6) is 2.22. The van der Waals surface area contributed by atoms with Crippen molar-refractivity contribution < 1.29 is 9.53 Å². The molecule has 0 bridgehead atoms. The number of imidazole rings is 1. The van der Waals surface area contributed by atoms with Crippen LogP contribution in [0.25, 0.3) is 11.0 Å². The van der Waals surface area contributed by atoms with Crippen molar-refractivity contribution in [2.24, 2.45) is 0 Å². The Kier molecular flexibility index (Phi) is 5.10. The van der Waals surface area contributed by atoms with Crippen LogP contribution in [-0.4, -0.2) is 63.6 Å². The highest BCUT2D eigenvalue weighted by Crippen LogP contribution is 2.23. The van der Waals surface area contributed by atoms with E-state index in [1.165, 1.54) is 0 Å². The number of aryl methyl sites for hydroxylation is 1. The number of amides is 1. The van der Waals surface area contributed by atoms with Crippen molar-refractivity contribution in [3.8, 4) is 5.88 Å². The minimum absolute atomic E-state index is 0.110. The smallest absolute Gasteiger partial charge is 0.257 e. The number of ether oxygens (including phenoxy) is 1. The van der Waals surface area contributed by atoms with Gasteiger partial charge in [0.05, 0.1) is 18.1 Å². The van der Waals surface area contributed by atoms with Gasteiger partial charge in [-0.3, -0.25) is 4.79 Å². The summed E-state index contributed by atoms with van der Waals surface area (Å²) in [5.41, 5.74) is 1.92. The number of methoxy groups -OCH3 is 1. The molecule has 0 saturated carbocycles. The minimum atomic E-state index is 0.110. The third kappa shape index (κ3) is 3.49. The van der Waals surface area contributed by atoms with E-state index in [-0.39, 0.29) is 5.91 Å². The van der Waals surface area contributed by atoms with Crippen molar-refractivity contribution in [3.05, 3.63) is 42.5 Å². The largest absolute Gasteiger partial charge is 0.478 e. The second-order valence-corrected chi connectivity index (χ2v) is 6.84. The van der Waals surface area contributed by atoms with Gasteiger partial charge >= 0.3 is 0 Å². The first-order valence-electron chi connectivity index (χ1n) is 9.47. The number of rotatable bonds is 4. The molecule has 0 spiro atoms. The summed E-state index contributed by atoms with van der Waals surface area (Å²) in [4.78, 5) is 30.2. The lowest BCUT2D eigenvalue weighted by Crippen LogP contribution is -2.37. The molecule has 0 unspecified atom stereocenters. The fourth-order valence-electron chi connectivity index (χ4n) is 3.69. The SMILES string of the molecule is COc1nccnc1N1CCCN(C(=O)Cn2c(C)nc3ccccc32)CC1. The minimum Gasteiger partial charge on any atom is -0.478 e. The molecule has 0 radical (unpaired) electrons. The normalized spacial score (nSPS) is 14.9. The van der Waals surface area contributed by atoms with E-state index in [4.69, 9.17) is 4.74 Å². The predicted molar refractivity (Wildman–Crippen MR) is 106 cm³/mol. The number of aromatic nitrogens is 4. The Labute approximate surface area is 163 Å². The van der Waals surface area contributed by atoms with Gasteiger partial charge in [0, 0.05) is 38.6 Å². The molecule has 8 nitrogen and oxygen atoms in total. The van der Waals surface area contributed by atoms with Crippen LogP contribution in [0.3, 0.4) is 0 Å². The fourth-order valence-corrected chi connectivity index (χ4v) is 3.69. The van der Waals surface area contributed by atoms with Crippen LogP contribution in [0.4, 0.5) is 5.82 Å². The molecule has 2 aromatic heterocycles. The maximum absolute atomic E-state index is 13.0. The van der Waals surface area contributed by atoms with Crippen molar-refractivity contribution in [2.75, 3.05) is 38.2 Å². The standard InChI is InChI=1S/C20H24N6O2/c1-15-23-16-6-3-4-7-17(16)26(15)14-18(27)24-10-5-11-25(13-12-24)19-20(28-2)22-9-8-21-19/h3-4,6-9H,5,10-14H2,1-2H3. The van der Waals surface area contributed by atoms with Crippen LogP contribution in [-0.2, 0) is 11.3 Å². The molecule has 0 aliphatic carbocycles. The summed E-state index contributed by atoms with van der Waals surface area (Å²) in [6.07, 6.45) is 4.15. The van der Waals surface area contributed by atoms with Gasteiger partial charge < -0.3 is 19.1 Å². The Morgan fingerprint density at radius 1 is 1.11 bits per heavy atom. The van der Waals surface area contributed by atoms with Gasteiger partial charge in [0.1, 0.15) is 12.4 Å². The number of benzene rings is 1. The summed E-state index contributed by atoms with van der Waals surface area (Å²) in [7, 11) is 1.60. The van der Waals surface area contributed by atoms with Crippen LogP contribution < -0.4 is 9.64 Å². The monoisotopic (exact) mass is 380 g/mol. The molecule has 4 rings (SSSR count). The van der Waals surface area contributed by atoms with Crippen molar-refractivity contribution in [3.63, 3.8) is 0 Å². The lowest BCUT2D eigenvalue weighted by atomic mass is 10.3. The van der Waals surface area contributed by atoms with E-state index >= 15 is 0 Å². The quantitative estimate of drug-likeness (QED) is 0.688. The van der Waals surface area contributed by atoms with E-state index in [1.807, 2.05) is 40.7 Å². The average Bonchev–Trinajstić information content (AvgIpc) is 2.89. The van der Waals surface area contributed by atoms with Gasteiger partial charge in [-0.05, 0) is 25.5 Å². The van der Waals surface area contributed by atoms with E-state index in [0.717, 1.165) is 42.2 Å². The van der Waals surface area contributed by atoms with Crippen LogP contribution >= 0.6 is 0 Å². The van der Waals surface area contributed by atoms with Crippen molar-refractivity contribution in [1.29, 1.82) is 0 Å². The molecule has 1 amide bonds. The van der Waals surface area contributed by atoms with Gasteiger partial charge in [0.2, 0.25) is 5.91 Å². The van der Waals surface area contributed by atoms with Crippen LogP contribution in [0.1, 0.15) is 12.2 Å². The fraction of sp³-hybridized carbons (Fsp3) is 0.400. The molecule has 8 heteroatoms. The lowest BCUT2D eigenvalue weighted by molar-refractivity contribution is -0.131. The highest BCUT2D eigenvalue weighted by molar-refractivity contribution is 5.81. The topological polar surface area (TPSA) is 76.4 Å². The van der Waals surface area contributed by atoms with E-state index < -0.39 is 0 Å². The van der Waals surface area contributed by atoms with E-state index in [9.17, 15) is 4.79 Å². The number of fused-ring (bicyclic) bond motifs is 1. The highest BCUT2D eigenvalue weighted by atomic mass is 16.5. The zero-order chi connectivity index (χ0) is 19.5. The Bertz CT molecular complexity index is 986. The predicted octanol–water partition coefficient (Wildman–Crippen LogP) is 1.88. The maximum Gasteiger partial charge on any atom is 0.257 e.